The Balaban J connectivity index is 2.67. The third kappa shape index (κ3) is 1.77. The Morgan fingerprint density at radius 1 is 0.650 bits per heavy atom. The molecule has 0 N–H and O–H groups in total. The highest BCUT2D eigenvalue weighted by Crippen LogP contribution is 2.35. The van der Waals surface area contributed by atoms with Crippen LogP contribution < -0.4 is 0 Å². The quantitative estimate of drug-likeness (QED) is 0.502. The molecule has 0 nitrogen and oxygen atoms in total. The number of hydrogen-bond acceptors (Lipinski definition) is 0. The van der Waals surface area contributed by atoms with E-state index in [1.54, 1.807) is 0 Å². The average molecular weight is 258 g/mol. The van der Waals surface area contributed by atoms with E-state index < -0.39 is 0 Å². The van der Waals surface area contributed by atoms with Crippen molar-refractivity contribution in [3.05, 3.63) is 71.8 Å². The summed E-state index contributed by atoms with van der Waals surface area (Å²) in [6, 6.07) is 13.2. The molecule has 0 aliphatic heterocycles. The fourth-order valence-electron chi connectivity index (χ4n) is 2.96. The second kappa shape index (κ2) is 4.64. The lowest BCUT2D eigenvalue weighted by molar-refractivity contribution is 1.49. The first-order valence-corrected chi connectivity index (χ1v) is 6.87. The molecular weight excluding hydrogens is 240 g/mol. The lowest BCUT2D eigenvalue weighted by Gasteiger charge is -2.14. The molecule has 20 heavy (non-hydrogen) atoms. The third-order valence-electron chi connectivity index (χ3n) is 3.92. The molecule has 0 saturated carbocycles. The molecule has 0 unspecified atom stereocenters. The largest absolute Gasteiger partial charge is 0.0984 e. The van der Waals surface area contributed by atoms with Gasteiger partial charge in [0.15, 0.2) is 0 Å². The summed E-state index contributed by atoms with van der Waals surface area (Å²) in [4.78, 5) is 0. The summed E-state index contributed by atoms with van der Waals surface area (Å²) < 4.78 is 0. The van der Waals surface area contributed by atoms with Gasteiger partial charge in [0.05, 0.1) is 0 Å². The number of fused-ring (bicyclic) bond motifs is 3. The van der Waals surface area contributed by atoms with Crippen molar-refractivity contribution in [1.82, 2.24) is 0 Å². The van der Waals surface area contributed by atoms with Crippen molar-refractivity contribution in [2.45, 2.75) is 13.8 Å². The number of aryl methyl sites for hydroxylation is 2. The maximum absolute atomic E-state index is 4.00. The van der Waals surface area contributed by atoms with Crippen LogP contribution in [0.5, 0.6) is 0 Å². The van der Waals surface area contributed by atoms with Crippen LogP contribution in [0.15, 0.2) is 49.6 Å². The van der Waals surface area contributed by atoms with Crippen LogP contribution in [0, 0.1) is 13.8 Å². The van der Waals surface area contributed by atoms with E-state index in [1.165, 1.54) is 43.8 Å². The van der Waals surface area contributed by atoms with Gasteiger partial charge in [0.1, 0.15) is 0 Å². The molecule has 0 heterocycles. The maximum Gasteiger partial charge on any atom is -0.00965 e. The Morgan fingerprint density at radius 2 is 1.05 bits per heavy atom. The van der Waals surface area contributed by atoms with Crippen molar-refractivity contribution < 1.29 is 0 Å². The summed E-state index contributed by atoms with van der Waals surface area (Å²) in [7, 11) is 0. The van der Waals surface area contributed by atoms with Crippen LogP contribution in [0.25, 0.3) is 33.7 Å². The zero-order valence-corrected chi connectivity index (χ0v) is 12.0. The van der Waals surface area contributed by atoms with Gasteiger partial charge in [-0.15, -0.1) is 0 Å². The van der Waals surface area contributed by atoms with Crippen molar-refractivity contribution in [2.24, 2.45) is 0 Å². The van der Waals surface area contributed by atoms with Gasteiger partial charge in [-0.3, -0.25) is 0 Å². The van der Waals surface area contributed by atoms with E-state index in [-0.39, 0.29) is 0 Å². The number of rotatable bonds is 2. The van der Waals surface area contributed by atoms with Gasteiger partial charge in [0.25, 0.3) is 0 Å². The lowest BCUT2D eigenvalue weighted by Crippen LogP contribution is -1.90. The standard InChI is InChI=1S/C20H18/c1-5-15-16(6-2)20-12-14(4)8-10-18(20)17-9-7-13(3)11-19(15)17/h5-12H,1-2H2,3-4H3. The fraction of sp³-hybridized carbons (Fsp3) is 0.100. The molecule has 3 rings (SSSR count). The van der Waals surface area contributed by atoms with Crippen molar-refractivity contribution in [1.29, 1.82) is 0 Å². The van der Waals surface area contributed by atoms with E-state index in [4.69, 9.17) is 0 Å². The smallest absolute Gasteiger partial charge is 0.00965 e. The Bertz CT molecular complexity index is 778. The summed E-state index contributed by atoms with van der Waals surface area (Å²) >= 11 is 0. The average Bonchev–Trinajstić information content (AvgIpc) is 2.45. The molecule has 0 fully saturated rings. The molecular formula is C20H18. The topological polar surface area (TPSA) is 0 Å². The van der Waals surface area contributed by atoms with Gasteiger partial charge in [-0.25, -0.2) is 0 Å². The molecule has 0 saturated heterocycles. The summed E-state index contributed by atoms with van der Waals surface area (Å²) in [6.45, 7) is 12.3. The van der Waals surface area contributed by atoms with Gasteiger partial charge in [-0.05, 0) is 46.5 Å². The van der Waals surface area contributed by atoms with Gasteiger partial charge in [0, 0.05) is 0 Å². The monoisotopic (exact) mass is 258 g/mol. The Labute approximate surface area is 120 Å². The molecule has 98 valence electrons. The van der Waals surface area contributed by atoms with Crippen molar-refractivity contribution in [2.75, 3.05) is 0 Å². The van der Waals surface area contributed by atoms with Crippen LogP contribution in [0.3, 0.4) is 0 Å². The second-order valence-corrected chi connectivity index (χ2v) is 5.33. The van der Waals surface area contributed by atoms with Gasteiger partial charge in [0.2, 0.25) is 0 Å². The molecule has 0 aliphatic carbocycles. The van der Waals surface area contributed by atoms with Crippen LogP contribution in [0.1, 0.15) is 22.3 Å². The Morgan fingerprint density at radius 3 is 1.40 bits per heavy atom. The van der Waals surface area contributed by atoms with E-state index in [0.717, 1.165) is 0 Å². The first kappa shape index (κ1) is 12.7. The van der Waals surface area contributed by atoms with Gasteiger partial charge in [-0.2, -0.15) is 0 Å². The van der Waals surface area contributed by atoms with Gasteiger partial charge in [-0.1, -0.05) is 72.8 Å². The molecule has 0 spiro atoms. The Hall–Kier alpha value is -2.34. The van der Waals surface area contributed by atoms with E-state index in [2.05, 4.69) is 63.4 Å². The molecule has 3 aromatic rings. The summed E-state index contributed by atoms with van der Waals surface area (Å²) in [5, 5.41) is 5.08. The summed E-state index contributed by atoms with van der Waals surface area (Å²) in [6.07, 6.45) is 3.89. The van der Waals surface area contributed by atoms with Crippen molar-refractivity contribution in [3.8, 4) is 0 Å². The molecule has 0 bridgehead atoms. The molecule has 0 atom stereocenters. The highest BCUT2D eigenvalue weighted by Gasteiger charge is 2.10. The predicted molar refractivity (Wildman–Crippen MR) is 91.1 cm³/mol. The van der Waals surface area contributed by atoms with Crippen molar-refractivity contribution in [3.63, 3.8) is 0 Å². The lowest BCUT2D eigenvalue weighted by atomic mass is 9.90. The SMILES string of the molecule is C=Cc1c(C=C)c2cc(C)ccc2c2ccc(C)cc12. The first-order valence-electron chi connectivity index (χ1n) is 6.87. The molecule has 0 radical (unpaired) electrons. The fourth-order valence-corrected chi connectivity index (χ4v) is 2.96. The highest BCUT2D eigenvalue weighted by atomic mass is 14.1. The zero-order chi connectivity index (χ0) is 14.3. The van der Waals surface area contributed by atoms with Crippen molar-refractivity contribution >= 4 is 33.7 Å². The Kier molecular flexibility index (Phi) is 2.94. The summed E-state index contributed by atoms with van der Waals surface area (Å²) in [5.74, 6) is 0. The molecule has 0 amide bonds. The number of benzene rings is 3. The van der Waals surface area contributed by atoms with E-state index in [9.17, 15) is 0 Å². The molecule has 3 aromatic carbocycles. The van der Waals surface area contributed by atoms with Crippen LogP contribution in [0.2, 0.25) is 0 Å². The van der Waals surface area contributed by atoms with E-state index >= 15 is 0 Å². The molecule has 0 aromatic heterocycles. The minimum Gasteiger partial charge on any atom is -0.0984 e. The summed E-state index contributed by atoms with van der Waals surface area (Å²) in [5.41, 5.74) is 4.89. The molecule has 0 heteroatoms. The maximum atomic E-state index is 4.00. The van der Waals surface area contributed by atoms with Gasteiger partial charge >= 0.3 is 0 Å². The third-order valence-corrected chi connectivity index (χ3v) is 3.92. The minimum atomic E-state index is 1.18. The normalized spacial score (nSPS) is 10.9. The van der Waals surface area contributed by atoms with Crippen LogP contribution in [0.4, 0.5) is 0 Å². The minimum absolute atomic E-state index is 1.18. The van der Waals surface area contributed by atoms with E-state index in [0.29, 0.717) is 0 Å². The highest BCUT2D eigenvalue weighted by molar-refractivity contribution is 6.14. The van der Waals surface area contributed by atoms with Crippen LogP contribution >= 0.6 is 0 Å². The van der Waals surface area contributed by atoms with Crippen LogP contribution in [-0.4, -0.2) is 0 Å². The number of hydrogen-bond donors (Lipinski definition) is 0. The second-order valence-electron chi connectivity index (χ2n) is 5.33. The van der Waals surface area contributed by atoms with E-state index in [1.807, 2.05) is 12.2 Å². The molecule has 0 aliphatic rings. The predicted octanol–water partition coefficient (Wildman–Crippen LogP) is 5.90. The van der Waals surface area contributed by atoms with Crippen LogP contribution in [-0.2, 0) is 0 Å². The first-order chi connectivity index (χ1) is 9.65. The zero-order valence-electron chi connectivity index (χ0n) is 12.0. The van der Waals surface area contributed by atoms with Gasteiger partial charge < -0.3 is 0 Å².